The van der Waals surface area contributed by atoms with Gasteiger partial charge in [0.25, 0.3) is 10.0 Å². The van der Waals surface area contributed by atoms with Gasteiger partial charge in [-0.05, 0) is 31.0 Å². The van der Waals surface area contributed by atoms with E-state index in [4.69, 9.17) is 0 Å². The Morgan fingerprint density at radius 3 is 2.73 bits per heavy atom. The van der Waals surface area contributed by atoms with Gasteiger partial charge in [0, 0.05) is 6.04 Å². The van der Waals surface area contributed by atoms with Crippen LogP contribution in [0.3, 0.4) is 0 Å². The summed E-state index contributed by atoms with van der Waals surface area (Å²) in [6.45, 7) is 1.83. The van der Waals surface area contributed by atoms with Gasteiger partial charge in [0.1, 0.15) is 0 Å². The van der Waals surface area contributed by atoms with Crippen molar-refractivity contribution in [2.24, 2.45) is 11.8 Å². The highest BCUT2D eigenvalue weighted by Gasteiger charge is 2.54. The lowest BCUT2D eigenvalue weighted by Gasteiger charge is -2.06. The Labute approximate surface area is 87.5 Å². The minimum absolute atomic E-state index is 0.111. The molecule has 0 aromatic carbocycles. The minimum atomic E-state index is -3.39. The Morgan fingerprint density at radius 1 is 1.40 bits per heavy atom. The SMILES string of the molecule is O=S(=O)(NC1C2CNCC21)c1ccn[nH]1. The molecule has 0 spiro atoms. The highest BCUT2D eigenvalue weighted by Crippen LogP contribution is 2.42. The van der Waals surface area contributed by atoms with Crippen LogP contribution in [0.4, 0.5) is 0 Å². The number of H-pyrrole nitrogens is 1. The molecular weight excluding hydrogens is 216 g/mol. The van der Waals surface area contributed by atoms with E-state index in [0.717, 1.165) is 13.1 Å². The summed E-state index contributed by atoms with van der Waals surface area (Å²) in [7, 11) is -3.39. The van der Waals surface area contributed by atoms with Crippen LogP contribution in [-0.4, -0.2) is 37.7 Å². The van der Waals surface area contributed by atoms with E-state index >= 15 is 0 Å². The summed E-state index contributed by atoms with van der Waals surface area (Å²) in [5, 5.41) is 9.45. The molecule has 1 aliphatic carbocycles. The second-order valence-corrected chi connectivity index (χ2v) is 5.74. The average Bonchev–Trinajstić information content (AvgIpc) is 2.75. The van der Waals surface area contributed by atoms with Crippen molar-refractivity contribution in [1.82, 2.24) is 20.2 Å². The first-order chi connectivity index (χ1) is 7.18. The van der Waals surface area contributed by atoms with Crippen LogP contribution in [0.25, 0.3) is 0 Å². The molecule has 1 aromatic heterocycles. The van der Waals surface area contributed by atoms with Crippen LogP contribution < -0.4 is 10.0 Å². The summed E-state index contributed by atoms with van der Waals surface area (Å²) < 4.78 is 26.2. The average molecular weight is 228 g/mol. The molecule has 1 aromatic rings. The number of hydrogen-bond acceptors (Lipinski definition) is 4. The molecule has 0 amide bonds. The summed E-state index contributed by atoms with van der Waals surface area (Å²) in [6, 6.07) is 1.57. The van der Waals surface area contributed by atoms with Gasteiger partial charge in [-0.15, -0.1) is 0 Å². The largest absolute Gasteiger partial charge is 0.316 e. The zero-order valence-corrected chi connectivity index (χ0v) is 8.79. The van der Waals surface area contributed by atoms with Crippen LogP contribution >= 0.6 is 0 Å². The lowest BCUT2D eigenvalue weighted by Crippen LogP contribution is -2.32. The molecular formula is C8H12N4O2S. The van der Waals surface area contributed by atoms with E-state index in [1.165, 1.54) is 12.3 Å². The number of piperidine rings is 1. The maximum absolute atomic E-state index is 11.8. The summed E-state index contributed by atoms with van der Waals surface area (Å²) >= 11 is 0. The van der Waals surface area contributed by atoms with Crippen molar-refractivity contribution in [3.63, 3.8) is 0 Å². The third kappa shape index (κ3) is 1.47. The number of aromatic nitrogens is 2. The number of aromatic amines is 1. The maximum Gasteiger partial charge on any atom is 0.257 e. The Bertz CT molecular complexity index is 445. The Hall–Kier alpha value is -0.920. The Balaban J connectivity index is 1.74. The molecule has 82 valence electrons. The molecule has 15 heavy (non-hydrogen) atoms. The minimum Gasteiger partial charge on any atom is -0.316 e. The van der Waals surface area contributed by atoms with Crippen LogP contribution in [0.5, 0.6) is 0 Å². The summed E-state index contributed by atoms with van der Waals surface area (Å²) in [6.07, 6.45) is 1.43. The fraction of sp³-hybridized carbons (Fsp3) is 0.625. The topological polar surface area (TPSA) is 86.9 Å². The van der Waals surface area contributed by atoms with Crippen LogP contribution in [-0.2, 0) is 10.0 Å². The van der Waals surface area contributed by atoms with E-state index in [0.29, 0.717) is 11.8 Å². The summed E-state index contributed by atoms with van der Waals surface area (Å²) in [5.41, 5.74) is 0. The second-order valence-electron chi connectivity index (χ2n) is 4.05. The number of hydrogen-bond donors (Lipinski definition) is 3. The first-order valence-electron chi connectivity index (χ1n) is 4.91. The van der Waals surface area contributed by atoms with Crippen LogP contribution in [0.1, 0.15) is 0 Å². The van der Waals surface area contributed by atoms with E-state index in [9.17, 15) is 8.42 Å². The van der Waals surface area contributed by atoms with E-state index in [2.05, 4.69) is 20.2 Å². The van der Waals surface area contributed by atoms with E-state index in [1.807, 2.05) is 0 Å². The molecule has 2 atom stereocenters. The Morgan fingerprint density at radius 2 is 2.13 bits per heavy atom. The third-order valence-electron chi connectivity index (χ3n) is 3.15. The number of rotatable bonds is 3. The van der Waals surface area contributed by atoms with Gasteiger partial charge in [0.15, 0.2) is 5.03 Å². The van der Waals surface area contributed by atoms with E-state index in [-0.39, 0.29) is 11.1 Å². The molecule has 2 heterocycles. The first-order valence-corrected chi connectivity index (χ1v) is 6.39. The van der Waals surface area contributed by atoms with Gasteiger partial charge in [0.2, 0.25) is 0 Å². The van der Waals surface area contributed by atoms with Gasteiger partial charge in [-0.1, -0.05) is 0 Å². The van der Waals surface area contributed by atoms with Crippen molar-refractivity contribution in [3.05, 3.63) is 12.3 Å². The van der Waals surface area contributed by atoms with Gasteiger partial charge in [-0.2, -0.15) is 5.10 Å². The monoisotopic (exact) mass is 228 g/mol. The van der Waals surface area contributed by atoms with Crippen LogP contribution in [0.15, 0.2) is 17.3 Å². The van der Waals surface area contributed by atoms with E-state index < -0.39 is 10.0 Å². The van der Waals surface area contributed by atoms with Crippen molar-refractivity contribution in [1.29, 1.82) is 0 Å². The molecule has 1 saturated carbocycles. The van der Waals surface area contributed by atoms with Crippen LogP contribution in [0.2, 0.25) is 0 Å². The predicted octanol–water partition coefficient (Wildman–Crippen LogP) is -1.09. The molecule has 3 N–H and O–H groups in total. The molecule has 7 heteroatoms. The fourth-order valence-corrected chi connectivity index (χ4v) is 3.48. The molecule has 2 unspecified atom stereocenters. The summed E-state index contributed by atoms with van der Waals surface area (Å²) in [5.74, 6) is 0.949. The van der Waals surface area contributed by atoms with Crippen molar-refractivity contribution in [3.8, 4) is 0 Å². The van der Waals surface area contributed by atoms with Crippen LogP contribution in [0, 0.1) is 11.8 Å². The van der Waals surface area contributed by atoms with Gasteiger partial charge in [-0.3, -0.25) is 5.10 Å². The number of sulfonamides is 1. The molecule has 0 bridgehead atoms. The van der Waals surface area contributed by atoms with Crippen molar-refractivity contribution < 1.29 is 8.42 Å². The molecule has 2 fully saturated rings. The number of nitrogens with one attached hydrogen (secondary N) is 3. The van der Waals surface area contributed by atoms with Gasteiger partial charge < -0.3 is 5.32 Å². The number of fused-ring (bicyclic) bond motifs is 1. The van der Waals surface area contributed by atoms with Crippen molar-refractivity contribution in [2.45, 2.75) is 11.1 Å². The third-order valence-corrected chi connectivity index (χ3v) is 4.54. The lowest BCUT2D eigenvalue weighted by atomic mass is 10.4. The first kappa shape index (κ1) is 9.32. The second kappa shape index (κ2) is 3.03. The lowest BCUT2D eigenvalue weighted by molar-refractivity contribution is 0.561. The van der Waals surface area contributed by atoms with Gasteiger partial charge in [-0.25, -0.2) is 13.1 Å². The smallest absolute Gasteiger partial charge is 0.257 e. The maximum atomic E-state index is 11.8. The summed E-state index contributed by atoms with van der Waals surface area (Å²) in [4.78, 5) is 0. The zero-order chi connectivity index (χ0) is 10.5. The van der Waals surface area contributed by atoms with Gasteiger partial charge in [0.05, 0.1) is 6.20 Å². The highest BCUT2D eigenvalue weighted by molar-refractivity contribution is 7.89. The Kier molecular flexibility index (Phi) is 1.88. The predicted molar refractivity (Wildman–Crippen MR) is 52.5 cm³/mol. The molecule has 2 aliphatic rings. The zero-order valence-electron chi connectivity index (χ0n) is 7.97. The molecule has 3 rings (SSSR count). The van der Waals surface area contributed by atoms with E-state index in [1.54, 1.807) is 0 Å². The van der Waals surface area contributed by atoms with Crippen molar-refractivity contribution in [2.75, 3.05) is 13.1 Å². The molecule has 1 saturated heterocycles. The highest BCUT2D eigenvalue weighted by atomic mass is 32.2. The van der Waals surface area contributed by atoms with Crippen molar-refractivity contribution >= 4 is 10.0 Å². The standard InChI is InChI=1S/C8H12N4O2S/c13-15(14,7-1-2-10-11-7)12-8-5-3-9-4-6(5)8/h1-2,5-6,8-9,12H,3-4H2,(H,10,11). The number of nitrogens with zero attached hydrogens (tertiary/aromatic N) is 1. The normalized spacial score (nSPS) is 34.0. The van der Waals surface area contributed by atoms with Gasteiger partial charge >= 0.3 is 0 Å². The molecule has 1 aliphatic heterocycles. The molecule has 0 radical (unpaired) electrons. The quantitative estimate of drug-likeness (QED) is 0.613. The fourth-order valence-electron chi connectivity index (χ4n) is 2.23. The molecule has 6 nitrogen and oxygen atoms in total.